The zero-order chi connectivity index (χ0) is 15.0. The maximum atomic E-state index is 11.7. The molecule has 0 N–H and O–H groups in total. The molecule has 0 saturated heterocycles. The Morgan fingerprint density at radius 3 is 2.90 bits per heavy atom. The van der Waals surface area contributed by atoms with E-state index in [4.69, 9.17) is 13.9 Å². The minimum Gasteiger partial charge on any atom is -0.497 e. The van der Waals surface area contributed by atoms with Crippen molar-refractivity contribution in [2.24, 2.45) is 0 Å². The Bertz CT molecular complexity index is 676. The lowest BCUT2D eigenvalue weighted by atomic mass is 10.0. The van der Waals surface area contributed by atoms with Crippen molar-refractivity contribution in [3.05, 3.63) is 29.5 Å². The van der Waals surface area contributed by atoms with Gasteiger partial charge < -0.3 is 13.9 Å². The third-order valence-electron chi connectivity index (χ3n) is 4.17. The molecule has 1 aliphatic heterocycles. The van der Waals surface area contributed by atoms with E-state index in [1.807, 2.05) is 25.1 Å². The van der Waals surface area contributed by atoms with E-state index in [1.165, 1.54) is 12.7 Å². The number of nitrogens with zero attached hydrogens (tertiary/aromatic N) is 1. The molecule has 3 rings (SSSR count). The molecule has 0 unspecified atom stereocenters. The number of ether oxygens (including phenoxy) is 2. The number of carbonyl (C=O) groups excluding carboxylic acids is 1. The summed E-state index contributed by atoms with van der Waals surface area (Å²) in [5.41, 5.74) is 2.08. The largest absolute Gasteiger partial charge is 0.497 e. The third-order valence-corrected chi connectivity index (χ3v) is 4.17. The molecule has 21 heavy (non-hydrogen) atoms. The second-order valence-electron chi connectivity index (χ2n) is 5.29. The molecule has 1 aromatic heterocycles. The Morgan fingerprint density at radius 2 is 2.19 bits per heavy atom. The number of hydrogen-bond acceptors (Lipinski definition) is 5. The van der Waals surface area contributed by atoms with Crippen molar-refractivity contribution in [1.82, 2.24) is 4.90 Å². The Morgan fingerprint density at radius 1 is 1.38 bits per heavy atom. The molecule has 2 heterocycles. The van der Waals surface area contributed by atoms with Crippen LogP contribution in [0.25, 0.3) is 11.0 Å². The number of carbonyl (C=O) groups is 1. The highest BCUT2D eigenvalue weighted by Gasteiger charge is 2.29. The standard InChI is InChI=1S/C16H19NO4/c1-10(16(18)20-3)17-7-6-13-12-5-4-11(19-2)8-14(12)21-15(13)9-17/h4-5,8,10H,6-7,9H2,1-3H3/t10-/m0/s1. The van der Waals surface area contributed by atoms with Crippen LogP contribution in [0.1, 0.15) is 18.2 Å². The summed E-state index contributed by atoms with van der Waals surface area (Å²) >= 11 is 0. The second kappa shape index (κ2) is 5.41. The fourth-order valence-corrected chi connectivity index (χ4v) is 2.88. The first-order valence-corrected chi connectivity index (χ1v) is 7.04. The number of methoxy groups -OCH3 is 2. The van der Waals surface area contributed by atoms with E-state index in [2.05, 4.69) is 4.90 Å². The lowest BCUT2D eigenvalue weighted by molar-refractivity contribution is -0.146. The zero-order valence-electron chi connectivity index (χ0n) is 12.5. The quantitative estimate of drug-likeness (QED) is 0.812. The van der Waals surface area contributed by atoms with Crippen LogP contribution in [0.4, 0.5) is 0 Å². The van der Waals surface area contributed by atoms with Crippen LogP contribution in [0.3, 0.4) is 0 Å². The summed E-state index contributed by atoms with van der Waals surface area (Å²) in [5.74, 6) is 1.50. The summed E-state index contributed by atoms with van der Waals surface area (Å²) in [7, 11) is 3.06. The maximum absolute atomic E-state index is 11.7. The van der Waals surface area contributed by atoms with E-state index in [-0.39, 0.29) is 12.0 Å². The maximum Gasteiger partial charge on any atom is 0.322 e. The lowest BCUT2D eigenvalue weighted by Gasteiger charge is -2.29. The van der Waals surface area contributed by atoms with Crippen molar-refractivity contribution >= 4 is 16.9 Å². The Balaban J connectivity index is 1.91. The van der Waals surface area contributed by atoms with Crippen LogP contribution < -0.4 is 4.74 Å². The van der Waals surface area contributed by atoms with Gasteiger partial charge in [0, 0.05) is 23.6 Å². The lowest BCUT2D eigenvalue weighted by Crippen LogP contribution is -2.42. The molecule has 5 nitrogen and oxygen atoms in total. The molecule has 0 radical (unpaired) electrons. The first kappa shape index (κ1) is 13.9. The molecule has 0 spiro atoms. The number of rotatable bonds is 3. The molecular weight excluding hydrogens is 270 g/mol. The highest BCUT2D eigenvalue weighted by Crippen LogP contribution is 2.33. The molecule has 0 fully saturated rings. The van der Waals surface area contributed by atoms with Gasteiger partial charge in [0.05, 0.1) is 20.8 Å². The number of furan rings is 1. The van der Waals surface area contributed by atoms with E-state index in [1.54, 1.807) is 7.11 Å². The molecule has 1 aliphatic rings. The minimum atomic E-state index is -0.258. The first-order valence-electron chi connectivity index (χ1n) is 7.04. The van der Waals surface area contributed by atoms with Gasteiger partial charge in [0.25, 0.3) is 0 Å². The summed E-state index contributed by atoms with van der Waals surface area (Å²) in [5, 5.41) is 1.14. The van der Waals surface area contributed by atoms with Crippen molar-refractivity contribution in [2.75, 3.05) is 20.8 Å². The molecular formula is C16H19NO4. The minimum absolute atomic E-state index is 0.212. The summed E-state index contributed by atoms with van der Waals surface area (Å²) in [6, 6.07) is 5.63. The molecule has 1 aromatic carbocycles. The van der Waals surface area contributed by atoms with Gasteiger partial charge in [-0.3, -0.25) is 9.69 Å². The van der Waals surface area contributed by atoms with Gasteiger partial charge in [-0.15, -0.1) is 0 Å². The van der Waals surface area contributed by atoms with Gasteiger partial charge in [-0.25, -0.2) is 0 Å². The summed E-state index contributed by atoms with van der Waals surface area (Å²) in [4.78, 5) is 13.7. The summed E-state index contributed by atoms with van der Waals surface area (Å²) in [6.45, 7) is 3.31. The third kappa shape index (κ3) is 2.38. The van der Waals surface area contributed by atoms with Crippen molar-refractivity contribution in [3.63, 3.8) is 0 Å². The van der Waals surface area contributed by atoms with E-state index in [0.717, 1.165) is 35.4 Å². The van der Waals surface area contributed by atoms with E-state index in [0.29, 0.717) is 6.54 Å². The second-order valence-corrected chi connectivity index (χ2v) is 5.29. The van der Waals surface area contributed by atoms with Crippen LogP contribution in [-0.2, 0) is 22.5 Å². The van der Waals surface area contributed by atoms with Crippen LogP contribution in [0.5, 0.6) is 5.75 Å². The normalized spacial score (nSPS) is 16.5. The van der Waals surface area contributed by atoms with Crippen LogP contribution in [-0.4, -0.2) is 37.7 Å². The van der Waals surface area contributed by atoms with Crippen LogP contribution in [0, 0.1) is 0 Å². The number of esters is 1. The molecule has 1 atom stereocenters. The zero-order valence-corrected chi connectivity index (χ0v) is 12.5. The van der Waals surface area contributed by atoms with E-state index < -0.39 is 0 Å². The fourth-order valence-electron chi connectivity index (χ4n) is 2.88. The first-order chi connectivity index (χ1) is 10.1. The Kier molecular flexibility index (Phi) is 3.59. The average Bonchev–Trinajstić information content (AvgIpc) is 2.89. The van der Waals surface area contributed by atoms with Crippen LogP contribution in [0.15, 0.2) is 22.6 Å². The van der Waals surface area contributed by atoms with Gasteiger partial charge in [0.1, 0.15) is 23.1 Å². The molecule has 0 amide bonds. The summed E-state index contributed by atoms with van der Waals surface area (Å²) < 4.78 is 16.0. The number of benzene rings is 1. The molecule has 0 saturated carbocycles. The number of fused-ring (bicyclic) bond motifs is 3. The van der Waals surface area contributed by atoms with Crippen molar-refractivity contribution < 1.29 is 18.7 Å². The van der Waals surface area contributed by atoms with Gasteiger partial charge in [-0.2, -0.15) is 0 Å². The topological polar surface area (TPSA) is 51.9 Å². The van der Waals surface area contributed by atoms with Gasteiger partial charge in [0.2, 0.25) is 0 Å². The van der Waals surface area contributed by atoms with Crippen LogP contribution in [0.2, 0.25) is 0 Å². The molecule has 112 valence electrons. The van der Waals surface area contributed by atoms with Gasteiger partial charge in [0.15, 0.2) is 0 Å². The highest BCUT2D eigenvalue weighted by atomic mass is 16.5. The SMILES string of the molecule is COC(=O)[C@H](C)N1CCc2c(oc3cc(OC)ccc23)C1. The fraction of sp³-hybridized carbons (Fsp3) is 0.438. The Labute approximate surface area is 123 Å². The molecule has 5 heteroatoms. The van der Waals surface area contributed by atoms with Gasteiger partial charge in [-0.1, -0.05) is 0 Å². The van der Waals surface area contributed by atoms with E-state index >= 15 is 0 Å². The summed E-state index contributed by atoms with van der Waals surface area (Å²) in [6.07, 6.45) is 0.871. The molecule has 0 aliphatic carbocycles. The average molecular weight is 289 g/mol. The van der Waals surface area contributed by atoms with Gasteiger partial charge in [-0.05, 0) is 25.5 Å². The Hall–Kier alpha value is -2.01. The monoisotopic (exact) mass is 289 g/mol. The predicted molar refractivity (Wildman–Crippen MR) is 78.4 cm³/mol. The van der Waals surface area contributed by atoms with Crippen molar-refractivity contribution in [2.45, 2.75) is 25.9 Å². The van der Waals surface area contributed by atoms with Crippen LogP contribution >= 0.6 is 0 Å². The van der Waals surface area contributed by atoms with Gasteiger partial charge >= 0.3 is 5.97 Å². The van der Waals surface area contributed by atoms with Crippen molar-refractivity contribution in [3.8, 4) is 5.75 Å². The molecule has 0 bridgehead atoms. The molecule has 2 aromatic rings. The van der Waals surface area contributed by atoms with Crippen molar-refractivity contribution in [1.29, 1.82) is 0 Å². The predicted octanol–water partition coefficient (Wildman–Crippen LogP) is 2.36. The van der Waals surface area contributed by atoms with E-state index in [9.17, 15) is 4.79 Å². The smallest absolute Gasteiger partial charge is 0.322 e. The number of hydrogen-bond donors (Lipinski definition) is 0. The highest BCUT2D eigenvalue weighted by molar-refractivity contribution is 5.84.